The Balaban J connectivity index is 0.0000147. The van der Waals surface area contributed by atoms with Gasteiger partial charge in [-0.25, -0.2) is 19.3 Å². The van der Waals surface area contributed by atoms with Crippen LogP contribution in [0, 0.1) is 23.7 Å². The van der Waals surface area contributed by atoms with Crippen LogP contribution in [0.25, 0.3) is 22.3 Å². The van der Waals surface area contributed by atoms with Crippen LogP contribution in [-0.2, 0) is 135 Å². The number of carbonyl (C=O) groups is 8. The molecule has 9 rings (SSSR count). The number of benzene rings is 2. The number of anilines is 1. The molecule has 5 aromatic rings. The van der Waals surface area contributed by atoms with E-state index in [1.165, 1.54) is 4.90 Å². The maximum absolute atomic E-state index is 14.1. The van der Waals surface area contributed by atoms with Crippen LogP contribution >= 0.6 is 0 Å². The molecule has 1 saturated carbocycles. The summed E-state index contributed by atoms with van der Waals surface area (Å²) in [5.74, 6) is -2.07. The molecular formula is C79H109N7O22. The van der Waals surface area contributed by atoms with Crippen molar-refractivity contribution in [3.63, 3.8) is 0 Å². The second-order valence-corrected chi connectivity index (χ2v) is 27.4. The number of hydrogen-bond donors (Lipinski definition) is 2. The van der Waals surface area contributed by atoms with Crippen molar-refractivity contribution < 1.29 is 100 Å². The van der Waals surface area contributed by atoms with Gasteiger partial charge >= 0.3 is 12.1 Å². The van der Waals surface area contributed by atoms with E-state index in [-0.39, 0.29) is 129 Å². The number of esters is 1. The molecule has 3 aliphatic heterocycles. The number of likely N-dealkylation sites (tertiary alicyclic amines) is 1. The molecule has 3 amide bonds. The van der Waals surface area contributed by atoms with E-state index < -0.39 is 29.2 Å². The summed E-state index contributed by atoms with van der Waals surface area (Å²) in [6.07, 6.45) is 9.37. The van der Waals surface area contributed by atoms with Crippen molar-refractivity contribution in [1.82, 2.24) is 29.4 Å². The number of cyclic esters (lactones) is 1. The van der Waals surface area contributed by atoms with E-state index in [1.54, 1.807) is 71.6 Å². The fraction of sp³-hybridized carbons (Fsp3) is 0.620. The number of imide groups is 1. The molecule has 1 aliphatic carbocycles. The van der Waals surface area contributed by atoms with E-state index in [1.807, 2.05) is 20.0 Å². The lowest BCUT2D eigenvalue weighted by atomic mass is 9.79. The lowest BCUT2D eigenvalue weighted by molar-refractivity contribution is -0.175. The number of phenols is 1. The molecule has 2 fully saturated rings. The fourth-order valence-corrected chi connectivity index (χ4v) is 13.8. The average Bonchev–Trinajstić information content (AvgIpc) is 1.53. The van der Waals surface area contributed by atoms with Crippen LogP contribution in [0.1, 0.15) is 159 Å². The third kappa shape index (κ3) is 24.9. The molecule has 592 valence electrons. The number of amides is 3. The molecule has 0 radical (unpaired) electrons. The number of nitrogens with one attached hydrogen (secondary N) is 1. The number of fused-ring (bicyclic) bond motifs is 5. The van der Waals surface area contributed by atoms with Crippen molar-refractivity contribution in [3.8, 4) is 17.1 Å². The molecule has 3 aromatic heterocycles. The molecule has 3 atom stereocenters. The Kier molecular flexibility index (Phi) is 35.1. The topological polar surface area (TPSA) is 348 Å². The lowest BCUT2D eigenvalue weighted by Gasteiger charge is -2.35. The maximum atomic E-state index is 14.1. The van der Waals surface area contributed by atoms with Gasteiger partial charge in [0.2, 0.25) is 23.3 Å². The zero-order chi connectivity index (χ0) is 75.9. The Labute approximate surface area is 630 Å². The van der Waals surface area contributed by atoms with E-state index >= 15 is 0 Å². The van der Waals surface area contributed by atoms with Crippen LogP contribution in [0.5, 0.6) is 5.75 Å². The van der Waals surface area contributed by atoms with Gasteiger partial charge in [-0.15, -0.1) is 5.10 Å². The number of phenolic OH excluding ortho intramolecular Hbond substituents is 1. The number of pyridine rings is 2. The molecule has 0 bridgehead atoms. The van der Waals surface area contributed by atoms with Gasteiger partial charge in [0.25, 0.3) is 5.56 Å². The van der Waals surface area contributed by atoms with E-state index in [0.717, 1.165) is 67.2 Å². The SMILES string of the molecule is C.CCCCCC(CC(=O)COCC(=O)CCCOCCOCCOCCOCCOCCOCCOCCOCCn1cc(CCC(=O)C2CCC(CN3C(=O)CC(C)C3=O)CC2)nn1)C(=O)Nc1ccc(COC(=O)OC2(CC)C(=O)OCc3c2cc2n(c3=O)Cc3c-2nc2ccc(O)cc2c3CC)cc1. The van der Waals surface area contributed by atoms with Crippen LogP contribution in [-0.4, -0.2) is 207 Å². The van der Waals surface area contributed by atoms with Gasteiger partial charge in [-0.1, -0.05) is 71.7 Å². The van der Waals surface area contributed by atoms with Gasteiger partial charge in [0.05, 0.1) is 140 Å². The zero-order valence-corrected chi connectivity index (χ0v) is 62.3. The number of unbranched alkanes of at least 4 members (excludes halogenated alkanes) is 2. The molecule has 1 saturated heterocycles. The lowest BCUT2D eigenvalue weighted by Crippen LogP contribution is -2.47. The Morgan fingerprint density at radius 3 is 1.95 bits per heavy atom. The minimum atomic E-state index is -1.99. The standard InChI is InChI=1S/C78H105N7O22.CH4/c1-5-8-9-11-57(73(91)79-58-19-15-55(16-20-58)49-106-77(95)107-78(7-3)67-45-69-72-65(48-84(69)75(93)66(67)52-105-76(78)94)63(6-2)64-44-60(86)22-23-68(64)80-72)43-62(88)51-104-50-61(87)12-10-26-96-28-30-98-32-34-100-36-38-102-40-41-103-39-37-101-35-33-99-31-29-97-27-25-83-47-59(81-82-83)21-24-70(89)56-17-13-54(14-18-56)46-85-71(90)42-53(4)74(85)92;/h15-16,19-20,22-23,44-45,47,53-54,56-57,86H,5-14,17-18,21,24-43,46,48-52H2,1-4H3,(H,79,91);1H4. The molecule has 108 heavy (non-hydrogen) atoms. The summed E-state index contributed by atoms with van der Waals surface area (Å²) in [6, 6.07) is 13.2. The number of carbonyl (C=O) groups excluding carboxylic acids is 8. The third-order valence-electron chi connectivity index (χ3n) is 19.7. The highest BCUT2D eigenvalue weighted by atomic mass is 16.7. The monoisotopic (exact) mass is 1510 g/mol. The van der Waals surface area contributed by atoms with Gasteiger partial charge in [-0.3, -0.25) is 38.5 Å². The quantitative estimate of drug-likeness (QED) is 0.0204. The van der Waals surface area contributed by atoms with Crippen molar-refractivity contribution in [2.45, 2.75) is 170 Å². The van der Waals surface area contributed by atoms with E-state index in [9.17, 15) is 48.3 Å². The first kappa shape index (κ1) is 85.3. The second kappa shape index (κ2) is 44.4. The van der Waals surface area contributed by atoms with Crippen LogP contribution in [0.2, 0.25) is 0 Å². The van der Waals surface area contributed by atoms with Gasteiger partial charge in [0.15, 0.2) is 11.6 Å². The van der Waals surface area contributed by atoms with Gasteiger partial charge in [-0.05, 0) is 105 Å². The summed E-state index contributed by atoms with van der Waals surface area (Å²) in [6.45, 7) is 14.2. The number of rotatable bonds is 51. The van der Waals surface area contributed by atoms with Crippen LogP contribution in [0.15, 0.2) is 59.5 Å². The smallest absolute Gasteiger partial charge is 0.508 e. The number of aromatic nitrogens is 5. The van der Waals surface area contributed by atoms with Crippen LogP contribution in [0.4, 0.5) is 10.5 Å². The summed E-state index contributed by atoms with van der Waals surface area (Å²) < 4.78 is 70.3. The Bertz CT molecular complexity index is 3830. The van der Waals surface area contributed by atoms with Crippen LogP contribution < -0.4 is 10.9 Å². The number of aromatic hydroxyl groups is 1. The predicted octanol–water partition coefficient (Wildman–Crippen LogP) is 8.93. The highest BCUT2D eigenvalue weighted by molar-refractivity contribution is 6.03. The van der Waals surface area contributed by atoms with Gasteiger partial charge < -0.3 is 71.8 Å². The summed E-state index contributed by atoms with van der Waals surface area (Å²) in [7, 11) is 0. The second-order valence-electron chi connectivity index (χ2n) is 27.4. The molecule has 29 nitrogen and oxygen atoms in total. The summed E-state index contributed by atoms with van der Waals surface area (Å²) >= 11 is 0. The summed E-state index contributed by atoms with van der Waals surface area (Å²) in [4.78, 5) is 124. The molecule has 2 N–H and O–H groups in total. The normalized spacial score (nSPS) is 17.6. The third-order valence-corrected chi connectivity index (χ3v) is 19.7. The van der Waals surface area contributed by atoms with E-state index in [4.69, 9.17) is 61.8 Å². The van der Waals surface area contributed by atoms with Gasteiger partial charge in [0, 0.05) is 91.4 Å². The number of aryl methyl sites for hydroxylation is 2. The Hall–Kier alpha value is -8.26. The summed E-state index contributed by atoms with van der Waals surface area (Å²) in [5.41, 5.74) is 3.15. The first-order valence-electron chi connectivity index (χ1n) is 37.8. The number of nitrogens with zero attached hydrogens (tertiary/aromatic N) is 6. The largest absolute Gasteiger partial charge is 0.510 e. The number of ketones is 3. The molecule has 3 unspecified atom stereocenters. The van der Waals surface area contributed by atoms with Crippen molar-refractivity contribution in [2.24, 2.45) is 23.7 Å². The van der Waals surface area contributed by atoms with Crippen molar-refractivity contribution in [3.05, 3.63) is 98.6 Å². The molecule has 0 spiro atoms. The first-order chi connectivity index (χ1) is 52.0. The highest BCUT2D eigenvalue weighted by Crippen LogP contribution is 2.43. The van der Waals surface area contributed by atoms with Crippen molar-refractivity contribution in [1.29, 1.82) is 0 Å². The first-order valence-corrected chi connectivity index (χ1v) is 37.8. The molecule has 4 aliphatic rings. The predicted molar refractivity (Wildman–Crippen MR) is 395 cm³/mol. The highest BCUT2D eigenvalue weighted by Gasteiger charge is 2.51. The molecule has 6 heterocycles. The fourth-order valence-electron chi connectivity index (χ4n) is 13.8. The van der Waals surface area contributed by atoms with E-state index in [0.29, 0.717) is 185 Å². The number of ether oxygens (including phenoxy) is 12. The van der Waals surface area contributed by atoms with E-state index in [2.05, 4.69) is 15.6 Å². The zero-order valence-electron chi connectivity index (χ0n) is 62.3. The molecule has 29 heteroatoms. The van der Waals surface area contributed by atoms with Gasteiger partial charge in [0.1, 0.15) is 38.0 Å². The van der Waals surface area contributed by atoms with Crippen LogP contribution in [0.3, 0.4) is 0 Å². The average molecular weight is 1510 g/mol. The number of hydrogen-bond acceptors (Lipinski definition) is 25. The van der Waals surface area contributed by atoms with Crippen molar-refractivity contribution in [2.75, 3.05) is 131 Å². The minimum Gasteiger partial charge on any atom is -0.508 e. The number of Topliss-reactive ketones (excluding diaryl/α,β-unsaturated/α-hetero) is 3. The maximum Gasteiger partial charge on any atom is 0.510 e. The molecular weight excluding hydrogens is 1400 g/mol. The minimum absolute atomic E-state index is 0. The molecule has 2 aromatic carbocycles. The van der Waals surface area contributed by atoms with Gasteiger partial charge in [-0.2, -0.15) is 0 Å². The Morgan fingerprint density at radius 1 is 0.713 bits per heavy atom. The van der Waals surface area contributed by atoms with Crippen molar-refractivity contribution >= 4 is 63.8 Å². The summed E-state index contributed by atoms with van der Waals surface area (Å²) in [5, 5.41) is 22.3. The Morgan fingerprint density at radius 2 is 1.34 bits per heavy atom.